The number of carbonyl (C=O) groups is 1. The van der Waals surface area contributed by atoms with Crippen molar-refractivity contribution in [1.82, 2.24) is 4.90 Å². The fourth-order valence-electron chi connectivity index (χ4n) is 3.49. The lowest BCUT2D eigenvalue weighted by atomic mass is 10.2. The van der Waals surface area contributed by atoms with Crippen LogP contribution in [0.2, 0.25) is 0 Å². The minimum Gasteiger partial charge on any atom is -0.484 e. The van der Waals surface area contributed by atoms with Crippen molar-refractivity contribution < 1.29 is 39.7 Å². The predicted octanol–water partition coefficient (Wildman–Crippen LogP) is 5.67. The molecule has 38 heavy (non-hydrogen) atoms. The summed E-state index contributed by atoms with van der Waals surface area (Å²) in [6.07, 6.45) is -3.23. The van der Waals surface area contributed by atoms with Crippen LogP contribution in [0.25, 0.3) is 0 Å². The fourth-order valence-corrected chi connectivity index (χ4v) is 4.46. The van der Waals surface area contributed by atoms with Crippen LogP contribution in [0, 0.1) is 0 Å². The number of amides is 1. The molecule has 0 radical (unpaired) electrons. The smallest absolute Gasteiger partial charge is 0.416 e. The van der Waals surface area contributed by atoms with Gasteiger partial charge in [-0.1, -0.05) is 36.4 Å². The van der Waals surface area contributed by atoms with Crippen molar-refractivity contribution in [2.75, 3.05) is 6.61 Å². The molecule has 1 amide bonds. The van der Waals surface area contributed by atoms with Gasteiger partial charge in [-0.3, -0.25) is 4.79 Å². The summed E-state index contributed by atoms with van der Waals surface area (Å²) in [6, 6.07) is 21.4. The van der Waals surface area contributed by atoms with Crippen molar-refractivity contribution in [3.63, 3.8) is 0 Å². The Kier molecular flexibility index (Phi) is 8.06. The summed E-state index contributed by atoms with van der Waals surface area (Å²) in [5.41, 5.74) is -0.595. The second kappa shape index (κ2) is 11.4. The normalized spacial score (nSPS) is 11.7. The first kappa shape index (κ1) is 26.8. The van der Waals surface area contributed by atoms with E-state index in [1.807, 2.05) is 6.07 Å². The molecule has 3 aromatic carbocycles. The summed E-state index contributed by atoms with van der Waals surface area (Å²) >= 11 is 0. The third-order valence-electron chi connectivity index (χ3n) is 5.31. The largest absolute Gasteiger partial charge is 0.484 e. The van der Waals surface area contributed by atoms with Gasteiger partial charge in [0.1, 0.15) is 22.2 Å². The molecule has 4 aromatic rings. The van der Waals surface area contributed by atoms with Crippen LogP contribution in [0.3, 0.4) is 0 Å². The Morgan fingerprint density at radius 2 is 1.58 bits per heavy atom. The lowest BCUT2D eigenvalue weighted by molar-refractivity contribution is -0.137. The molecule has 1 aromatic heterocycles. The van der Waals surface area contributed by atoms with Gasteiger partial charge in [-0.25, -0.2) is 0 Å². The number of nitrogens with zero attached hydrogens (tertiary/aromatic N) is 1. The van der Waals surface area contributed by atoms with Gasteiger partial charge in [-0.05, 0) is 60.2 Å². The SMILES string of the molecule is O=C(COc1ccccc1)N(Cc1cccc(OS(=O)(=O)c2cccc(C(F)(F)F)c2)c1)Cc1ccco1. The lowest BCUT2D eigenvalue weighted by Crippen LogP contribution is -2.34. The standard InChI is InChI=1S/C27H22F3NO6S/c28-27(29,30)21-8-5-13-25(16-21)38(33,34)37-23-11-4-7-20(15-23)17-31(18-24-12-6-14-35-24)26(32)19-36-22-9-2-1-3-10-22/h1-16H,17-19H2. The molecule has 0 aliphatic heterocycles. The molecule has 0 unspecified atom stereocenters. The molecule has 0 saturated heterocycles. The predicted molar refractivity (Wildman–Crippen MR) is 131 cm³/mol. The fraction of sp³-hybridized carbons (Fsp3) is 0.148. The van der Waals surface area contributed by atoms with Crippen LogP contribution >= 0.6 is 0 Å². The molecular formula is C27H22F3NO6S. The molecule has 0 fully saturated rings. The van der Waals surface area contributed by atoms with Crippen molar-refractivity contribution in [3.05, 3.63) is 114 Å². The van der Waals surface area contributed by atoms with Gasteiger partial charge in [0, 0.05) is 6.54 Å². The molecular weight excluding hydrogens is 523 g/mol. The Labute approximate surface area is 217 Å². The van der Waals surface area contributed by atoms with E-state index in [1.54, 1.807) is 42.5 Å². The van der Waals surface area contributed by atoms with Crippen LogP contribution in [-0.4, -0.2) is 25.8 Å². The second-order valence-electron chi connectivity index (χ2n) is 8.14. The van der Waals surface area contributed by atoms with Gasteiger partial charge in [0.2, 0.25) is 0 Å². The summed E-state index contributed by atoms with van der Waals surface area (Å²) in [4.78, 5) is 13.8. The second-order valence-corrected chi connectivity index (χ2v) is 9.69. The van der Waals surface area contributed by atoms with Crippen molar-refractivity contribution in [3.8, 4) is 11.5 Å². The van der Waals surface area contributed by atoms with E-state index in [1.165, 1.54) is 29.4 Å². The molecule has 0 saturated carbocycles. The van der Waals surface area contributed by atoms with Gasteiger partial charge in [0.25, 0.3) is 5.91 Å². The number of furan rings is 1. The maximum atomic E-state index is 13.0. The number of para-hydroxylation sites is 1. The molecule has 0 bridgehead atoms. The third kappa shape index (κ3) is 7.16. The zero-order valence-corrected chi connectivity index (χ0v) is 20.6. The van der Waals surface area contributed by atoms with Gasteiger partial charge in [-0.2, -0.15) is 21.6 Å². The van der Waals surface area contributed by atoms with E-state index in [-0.39, 0.29) is 31.4 Å². The molecule has 198 valence electrons. The third-order valence-corrected chi connectivity index (χ3v) is 6.56. The Balaban J connectivity index is 1.50. The molecule has 0 atom stereocenters. The van der Waals surface area contributed by atoms with Gasteiger partial charge in [-0.15, -0.1) is 0 Å². The highest BCUT2D eigenvalue weighted by atomic mass is 32.2. The highest BCUT2D eigenvalue weighted by Crippen LogP contribution is 2.31. The summed E-state index contributed by atoms with van der Waals surface area (Å²) in [5, 5.41) is 0. The van der Waals surface area contributed by atoms with Crippen molar-refractivity contribution in [2.45, 2.75) is 24.2 Å². The van der Waals surface area contributed by atoms with E-state index in [0.29, 0.717) is 23.1 Å². The van der Waals surface area contributed by atoms with Crippen LogP contribution in [0.5, 0.6) is 11.5 Å². The van der Waals surface area contributed by atoms with E-state index >= 15 is 0 Å². The summed E-state index contributed by atoms with van der Waals surface area (Å²) in [6.45, 7) is -0.0685. The summed E-state index contributed by atoms with van der Waals surface area (Å²) < 4.78 is 80.5. The van der Waals surface area contributed by atoms with Gasteiger partial charge in [0.05, 0.1) is 18.4 Å². The van der Waals surface area contributed by atoms with E-state index < -0.39 is 26.8 Å². The lowest BCUT2D eigenvalue weighted by Gasteiger charge is -2.22. The number of halogens is 3. The van der Waals surface area contributed by atoms with Crippen LogP contribution in [0.1, 0.15) is 16.9 Å². The zero-order chi connectivity index (χ0) is 27.2. The Hall–Kier alpha value is -4.25. The first-order chi connectivity index (χ1) is 18.1. The molecule has 0 N–H and O–H groups in total. The van der Waals surface area contributed by atoms with Gasteiger partial charge < -0.3 is 18.2 Å². The highest BCUT2D eigenvalue weighted by Gasteiger charge is 2.32. The van der Waals surface area contributed by atoms with Crippen molar-refractivity contribution in [2.24, 2.45) is 0 Å². The van der Waals surface area contributed by atoms with Crippen LogP contribution < -0.4 is 8.92 Å². The average Bonchev–Trinajstić information content (AvgIpc) is 3.40. The average molecular weight is 546 g/mol. The first-order valence-electron chi connectivity index (χ1n) is 11.3. The van der Waals surface area contributed by atoms with Crippen LogP contribution in [0.15, 0.2) is 107 Å². The maximum Gasteiger partial charge on any atom is 0.416 e. The number of ether oxygens (including phenoxy) is 1. The molecule has 0 aliphatic carbocycles. The maximum absolute atomic E-state index is 13.0. The quantitative estimate of drug-likeness (QED) is 0.239. The molecule has 1 heterocycles. The van der Waals surface area contributed by atoms with Gasteiger partial charge >= 0.3 is 16.3 Å². The molecule has 11 heteroatoms. The molecule has 0 aliphatic rings. The number of rotatable bonds is 10. The number of benzene rings is 3. The number of carbonyl (C=O) groups excluding carboxylic acids is 1. The minimum absolute atomic E-state index is 0.0541. The van der Waals surface area contributed by atoms with Crippen molar-refractivity contribution >= 4 is 16.0 Å². The first-order valence-corrected chi connectivity index (χ1v) is 12.7. The summed E-state index contributed by atoms with van der Waals surface area (Å²) in [7, 11) is -4.55. The zero-order valence-electron chi connectivity index (χ0n) is 19.8. The van der Waals surface area contributed by atoms with E-state index in [9.17, 15) is 26.4 Å². The summed E-state index contributed by atoms with van der Waals surface area (Å²) in [5.74, 6) is 0.575. The van der Waals surface area contributed by atoms with E-state index in [2.05, 4.69) is 0 Å². The number of hydrogen-bond donors (Lipinski definition) is 0. The molecule has 4 rings (SSSR count). The highest BCUT2D eigenvalue weighted by molar-refractivity contribution is 7.87. The number of hydrogen-bond acceptors (Lipinski definition) is 6. The van der Waals surface area contributed by atoms with Crippen molar-refractivity contribution in [1.29, 1.82) is 0 Å². The minimum atomic E-state index is -4.71. The molecule has 7 nitrogen and oxygen atoms in total. The monoisotopic (exact) mass is 545 g/mol. The Bertz CT molecular complexity index is 1470. The Morgan fingerprint density at radius 3 is 2.29 bits per heavy atom. The van der Waals surface area contributed by atoms with E-state index in [0.717, 1.165) is 18.2 Å². The van der Waals surface area contributed by atoms with Crippen LogP contribution in [-0.2, 0) is 34.2 Å². The topological polar surface area (TPSA) is 86.0 Å². The molecule has 0 spiro atoms. The van der Waals surface area contributed by atoms with E-state index in [4.69, 9.17) is 13.3 Å². The van der Waals surface area contributed by atoms with Crippen LogP contribution in [0.4, 0.5) is 13.2 Å². The van der Waals surface area contributed by atoms with Gasteiger partial charge in [0.15, 0.2) is 6.61 Å². The Morgan fingerprint density at radius 1 is 0.842 bits per heavy atom. The number of alkyl halides is 3.